The van der Waals surface area contributed by atoms with Crippen LogP contribution in [0.3, 0.4) is 0 Å². The number of halogens is 2. The average molecular weight is 422 g/mol. The maximum Gasteiger partial charge on any atom is 0.387 e. The van der Waals surface area contributed by atoms with E-state index < -0.39 is 23.9 Å². The molecule has 0 heterocycles. The third kappa shape index (κ3) is 3.64. The van der Waals surface area contributed by atoms with Crippen LogP contribution in [0, 0.1) is 56.7 Å². The first-order valence-corrected chi connectivity index (χ1v) is 10.1. The van der Waals surface area contributed by atoms with Gasteiger partial charge in [0.15, 0.2) is 5.41 Å². The Morgan fingerprint density at radius 2 is 1.81 bits per heavy atom. The standard InChI is InChI=1S/C24H24F2N4O/c1-23(2,3)14-8-9-15-17(10-14)20(16-6-4-5-7-19(16)31-22(25)26)24(12-28,13-29)21(30)18(15)11-27/h4-7,9,14,17,20,22H,8,10,30H2,1-3H3/t14?,17-,20+/m0/s1. The van der Waals surface area contributed by atoms with Crippen LogP contribution in [0.1, 0.15) is 45.1 Å². The molecule has 31 heavy (non-hydrogen) atoms. The number of hydrogen-bond donors (Lipinski definition) is 1. The maximum absolute atomic E-state index is 13.1. The van der Waals surface area contributed by atoms with E-state index in [-0.39, 0.29) is 28.4 Å². The van der Waals surface area contributed by atoms with Gasteiger partial charge in [-0.25, -0.2) is 0 Å². The molecule has 0 bridgehead atoms. The number of benzene rings is 1. The number of rotatable bonds is 3. The lowest BCUT2D eigenvalue weighted by atomic mass is 9.54. The van der Waals surface area contributed by atoms with Gasteiger partial charge >= 0.3 is 6.61 Å². The first-order chi connectivity index (χ1) is 14.6. The molecule has 0 fully saturated rings. The van der Waals surface area contributed by atoms with Crippen LogP contribution in [0.15, 0.2) is 47.2 Å². The number of allylic oxidation sites excluding steroid dienone is 4. The molecule has 0 amide bonds. The average Bonchev–Trinajstić information content (AvgIpc) is 2.72. The van der Waals surface area contributed by atoms with E-state index in [9.17, 15) is 24.6 Å². The molecule has 160 valence electrons. The molecule has 5 nitrogen and oxygen atoms in total. The summed E-state index contributed by atoms with van der Waals surface area (Å²) >= 11 is 0. The molecule has 2 aliphatic carbocycles. The molecule has 0 saturated carbocycles. The summed E-state index contributed by atoms with van der Waals surface area (Å²) in [5.41, 5.74) is 5.34. The number of alkyl halides is 2. The van der Waals surface area contributed by atoms with E-state index in [2.05, 4.69) is 26.8 Å². The fourth-order valence-corrected chi connectivity index (χ4v) is 4.88. The smallest absolute Gasteiger partial charge is 0.387 e. The van der Waals surface area contributed by atoms with Crippen molar-refractivity contribution in [1.82, 2.24) is 0 Å². The van der Waals surface area contributed by atoms with Crippen molar-refractivity contribution in [3.8, 4) is 24.0 Å². The molecule has 0 aliphatic heterocycles. The van der Waals surface area contributed by atoms with Crippen molar-refractivity contribution >= 4 is 0 Å². The lowest BCUT2D eigenvalue weighted by Crippen LogP contribution is -2.44. The van der Waals surface area contributed by atoms with Gasteiger partial charge in [-0.1, -0.05) is 45.0 Å². The zero-order chi connectivity index (χ0) is 23.0. The minimum Gasteiger partial charge on any atom is -0.435 e. The van der Waals surface area contributed by atoms with Gasteiger partial charge in [0, 0.05) is 11.5 Å². The van der Waals surface area contributed by atoms with Gasteiger partial charge < -0.3 is 10.5 Å². The van der Waals surface area contributed by atoms with Crippen molar-refractivity contribution in [1.29, 1.82) is 15.8 Å². The highest BCUT2D eigenvalue weighted by Gasteiger charge is 2.55. The Bertz CT molecular complexity index is 1050. The summed E-state index contributed by atoms with van der Waals surface area (Å²) < 4.78 is 31.0. The van der Waals surface area contributed by atoms with Gasteiger partial charge in [-0.05, 0) is 41.7 Å². The maximum atomic E-state index is 13.1. The molecule has 3 rings (SSSR count). The number of para-hydroxylation sites is 1. The van der Waals surface area contributed by atoms with Crippen LogP contribution in [-0.2, 0) is 0 Å². The largest absolute Gasteiger partial charge is 0.435 e. The fraction of sp³-hybridized carbons (Fsp3) is 0.458. The third-order valence-electron chi connectivity index (χ3n) is 6.57. The third-order valence-corrected chi connectivity index (χ3v) is 6.57. The monoisotopic (exact) mass is 422 g/mol. The number of ether oxygens (including phenoxy) is 1. The summed E-state index contributed by atoms with van der Waals surface area (Å²) in [5, 5.41) is 30.1. The van der Waals surface area contributed by atoms with Crippen LogP contribution < -0.4 is 10.5 Å². The Morgan fingerprint density at radius 3 is 2.35 bits per heavy atom. The fourth-order valence-electron chi connectivity index (χ4n) is 4.88. The lowest BCUT2D eigenvalue weighted by Gasteiger charge is -2.47. The van der Waals surface area contributed by atoms with Crippen LogP contribution in [0.4, 0.5) is 8.78 Å². The normalized spacial score (nSPS) is 25.0. The number of nitrogens with two attached hydrogens (primary N) is 1. The van der Waals surface area contributed by atoms with E-state index in [1.807, 2.05) is 18.2 Å². The van der Waals surface area contributed by atoms with Crippen molar-refractivity contribution in [2.24, 2.45) is 28.4 Å². The highest BCUT2D eigenvalue weighted by Crippen LogP contribution is 2.59. The number of fused-ring (bicyclic) bond motifs is 1. The molecular formula is C24H24F2N4O. The topological polar surface area (TPSA) is 107 Å². The van der Waals surface area contributed by atoms with E-state index in [1.54, 1.807) is 18.2 Å². The molecule has 3 atom stereocenters. The second-order valence-corrected chi connectivity index (χ2v) is 9.13. The van der Waals surface area contributed by atoms with Crippen molar-refractivity contribution < 1.29 is 13.5 Å². The van der Waals surface area contributed by atoms with Gasteiger partial charge in [0.1, 0.15) is 11.8 Å². The highest BCUT2D eigenvalue weighted by molar-refractivity contribution is 5.60. The first kappa shape index (κ1) is 22.3. The molecule has 0 saturated heterocycles. The predicted octanol–water partition coefficient (Wildman–Crippen LogP) is 5.15. The minimum absolute atomic E-state index is 0.0625. The summed E-state index contributed by atoms with van der Waals surface area (Å²) in [6.07, 6.45) is 3.27. The zero-order valence-corrected chi connectivity index (χ0v) is 17.7. The van der Waals surface area contributed by atoms with Gasteiger partial charge in [0.05, 0.1) is 23.4 Å². The van der Waals surface area contributed by atoms with E-state index in [0.717, 1.165) is 6.42 Å². The van der Waals surface area contributed by atoms with E-state index in [4.69, 9.17) is 10.5 Å². The SMILES string of the molecule is CC(C)(C)C1CC=C2C(C#N)=C(N)C(C#N)(C#N)[C@H](c3ccccc3OC(F)F)[C@H]2C1. The summed E-state index contributed by atoms with van der Waals surface area (Å²) in [6, 6.07) is 12.3. The van der Waals surface area contributed by atoms with E-state index >= 15 is 0 Å². The van der Waals surface area contributed by atoms with Gasteiger partial charge in [0.25, 0.3) is 0 Å². The molecule has 0 aromatic heterocycles. The molecular weight excluding hydrogens is 398 g/mol. The van der Waals surface area contributed by atoms with Crippen molar-refractivity contribution in [2.75, 3.05) is 0 Å². The Labute approximate surface area is 181 Å². The molecule has 1 unspecified atom stereocenters. The predicted molar refractivity (Wildman–Crippen MR) is 110 cm³/mol. The second-order valence-electron chi connectivity index (χ2n) is 9.13. The minimum atomic E-state index is -3.06. The van der Waals surface area contributed by atoms with Crippen LogP contribution in [0.5, 0.6) is 5.75 Å². The Hall–Kier alpha value is -3.37. The van der Waals surface area contributed by atoms with Gasteiger partial charge in [-0.3, -0.25) is 0 Å². The molecule has 1 aromatic rings. The van der Waals surface area contributed by atoms with Gasteiger partial charge in [-0.2, -0.15) is 24.6 Å². The van der Waals surface area contributed by atoms with E-state index in [1.165, 1.54) is 6.07 Å². The van der Waals surface area contributed by atoms with Crippen LogP contribution in [-0.4, -0.2) is 6.61 Å². The van der Waals surface area contributed by atoms with E-state index in [0.29, 0.717) is 17.6 Å². The number of nitrogens with zero attached hydrogens (tertiary/aromatic N) is 3. The van der Waals surface area contributed by atoms with Gasteiger partial charge in [0.2, 0.25) is 0 Å². The Morgan fingerprint density at radius 1 is 1.16 bits per heavy atom. The van der Waals surface area contributed by atoms with Gasteiger partial charge in [-0.15, -0.1) is 0 Å². The first-order valence-electron chi connectivity index (χ1n) is 10.1. The van der Waals surface area contributed by atoms with Crippen molar-refractivity contribution in [2.45, 2.75) is 46.1 Å². The quantitative estimate of drug-likeness (QED) is 0.724. The molecule has 2 N–H and O–H groups in total. The summed E-state index contributed by atoms with van der Waals surface area (Å²) in [7, 11) is 0. The lowest BCUT2D eigenvalue weighted by molar-refractivity contribution is -0.0510. The summed E-state index contributed by atoms with van der Waals surface area (Å²) in [6.45, 7) is 3.27. The summed E-state index contributed by atoms with van der Waals surface area (Å²) in [5.74, 6) is -1.16. The molecule has 1 aromatic carbocycles. The molecule has 7 heteroatoms. The van der Waals surface area contributed by atoms with Crippen LogP contribution >= 0.6 is 0 Å². The summed E-state index contributed by atoms with van der Waals surface area (Å²) in [4.78, 5) is 0. The van der Waals surface area contributed by atoms with Crippen molar-refractivity contribution in [3.63, 3.8) is 0 Å². The molecule has 0 spiro atoms. The second kappa shape index (κ2) is 8.05. The molecule has 2 aliphatic rings. The Balaban J connectivity index is 2.32. The Kier molecular flexibility index (Phi) is 5.79. The van der Waals surface area contributed by atoms with Crippen LogP contribution in [0.2, 0.25) is 0 Å². The highest BCUT2D eigenvalue weighted by atomic mass is 19.3. The zero-order valence-electron chi connectivity index (χ0n) is 17.7. The molecule has 0 radical (unpaired) electrons. The number of nitriles is 3. The van der Waals surface area contributed by atoms with Crippen molar-refractivity contribution in [3.05, 3.63) is 52.7 Å². The van der Waals surface area contributed by atoms with Crippen LogP contribution in [0.25, 0.3) is 0 Å². The number of hydrogen-bond acceptors (Lipinski definition) is 5.